The zero-order valence-electron chi connectivity index (χ0n) is 15.3. The number of hydrogen-bond acceptors (Lipinski definition) is 6. The number of nitrogens with one attached hydrogen (secondary N) is 1. The van der Waals surface area contributed by atoms with Crippen LogP contribution in [0.25, 0.3) is 22.3 Å². The molecule has 3 heterocycles. The van der Waals surface area contributed by atoms with Gasteiger partial charge >= 0.3 is 0 Å². The molecule has 2 aromatic heterocycles. The molecule has 1 aromatic carbocycles. The summed E-state index contributed by atoms with van der Waals surface area (Å²) in [6.07, 6.45) is 3.88. The predicted octanol–water partition coefficient (Wildman–Crippen LogP) is 2.78. The minimum Gasteiger partial charge on any atom is -0.398 e. The molecule has 0 bridgehead atoms. The second-order valence-electron chi connectivity index (χ2n) is 6.87. The third kappa shape index (κ3) is 3.32. The van der Waals surface area contributed by atoms with Crippen molar-refractivity contribution in [3.63, 3.8) is 0 Å². The summed E-state index contributed by atoms with van der Waals surface area (Å²) in [4.78, 5) is 11.3. The van der Waals surface area contributed by atoms with Crippen molar-refractivity contribution in [2.75, 3.05) is 18.0 Å². The minimum atomic E-state index is -0.436. The number of nitrogens with two attached hydrogens (primary N) is 2. The van der Waals surface area contributed by atoms with Gasteiger partial charge in [0.15, 0.2) is 0 Å². The summed E-state index contributed by atoms with van der Waals surface area (Å²) in [6.45, 7) is 1.68. The molecular formula is C21H21FN6. The maximum atomic E-state index is 14.1. The number of fused-ring (bicyclic) bond motifs is 1. The lowest BCUT2D eigenvalue weighted by Gasteiger charge is -2.18. The normalized spacial score (nSPS) is 17.6. The fourth-order valence-corrected chi connectivity index (χ4v) is 3.46. The van der Waals surface area contributed by atoms with Crippen molar-refractivity contribution in [3.05, 3.63) is 65.7 Å². The zero-order valence-corrected chi connectivity index (χ0v) is 15.3. The van der Waals surface area contributed by atoms with Crippen LogP contribution in [0.4, 0.5) is 10.1 Å². The Labute approximate surface area is 162 Å². The van der Waals surface area contributed by atoms with Gasteiger partial charge in [-0.15, -0.1) is 0 Å². The smallest absolute Gasteiger partial charge is 0.132 e. The van der Waals surface area contributed by atoms with Crippen LogP contribution in [0.5, 0.6) is 0 Å². The molecule has 1 aliphatic heterocycles. The molecule has 5 N–H and O–H groups in total. The van der Waals surface area contributed by atoms with Crippen LogP contribution >= 0.6 is 0 Å². The number of anilines is 1. The number of rotatable bonds is 4. The van der Waals surface area contributed by atoms with Gasteiger partial charge in [0.25, 0.3) is 0 Å². The molecular weight excluding hydrogens is 355 g/mol. The third-order valence-corrected chi connectivity index (χ3v) is 4.99. The lowest BCUT2D eigenvalue weighted by atomic mass is 10.0. The van der Waals surface area contributed by atoms with E-state index in [0.29, 0.717) is 16.8 Å². The van der Waals surface area contributed by atoms with Gasteiger partial charge in [-0.25, -0.2) is 9.37 Å². The fraction of sp³-hybridized carbons (Fsp3) is 0.190. The first-order chi connectivity index (χ1) is 13.6. The summed E-state index contributed by atoms with van der Waals surface area (Å²) in [5.74, 6) is -0.436. The second kappa shape index (κ2) is 7.36. The molecule has 1 fully saturated rings. The molecule has 0 spiro atoms. The third-order valence-electron chi connectivity index (χ3n) is 4.99. The topological polar surface area (TPSA) is 105 Å². The van der Waals surface area contributed by atoms with Crippen LogP contribution < -0.4 is 16.4 Å². The Kier molecular flexibility index (Phi) is 4.75. The van der Waals surface area contributed by atoms with Crippen LogP contribution in [0.1, 0.15) is 17.7 Å². The molecule has 142 valence electrons. The van der Waals surface area contributed by atoms with Crippen LogP contribution in [0.15, 0.2) is 48.7 Å². The van der Waals surface area contributed by atoms with Crippen molar-refractivity contribution < 1.29 is 4.39 Å². The van der Waals surface area contributed by atoms with Crippen LogP contribution in [-0.4, -0.2) is 35.3 Å². The van der Waals surface area contributed by atoms with Gasteiger partial charge in [-0.2, -0.15) is 0 Å². The summed E-state index contributed by atoms with van der Waals surface area (Å²) in [7, 11) is 0. The molecule has 0 amide bonds. The van der Waals surface area contributed by atoms with Crippen LogP contribution in [0.3, 0.4) is 0 Å². The number of hydrogen-bond donors (Lipinski definition) is 3. The van der Waals surface area contributed by atoms with Crippen molar-refractivity contribution in [1.82, 2.24) is 9.97 Å². The minimum absolute atomic E-state index is 0.169. The van der Waals surface area contributed by atoms with Gasteiger partial charge < -0.3 is 21.8 Å². The van der Waals surface area contributed by atoms with E-state index in [9.17, 15) is 4.39 Å². The Bertz CT molecular complexity index is 1080. The summed E-state index contributed by atoms with van der Waals surface area (Å²) >= 11 is 0. The average molecular weight is 376 g/mol. The van der Waals surface area contributed by atoms with E-state index in [0.717, 1.165) is 36.9 Å². The van der Waals surface area contributed by atoms with Crippen molar-refractivity contribution in [2.45, 2.75) is 12.5 Å². The highest BCUT2D eigenvalue weighted by Gasteiger charge is 2.20. The first kappa shape index (κ1) is 18.1. The van der Waals surface area contributed by atoms with Crippen molar-refractivity contribution in [3.8, 4) is 0 Å². The fourth-order valence-electron chi connectivity index (χ4n) is 3.46. The van der Waals surface area contributed by atoms with Gasteiger partial charge in [0.05, 0.1) is 34.3 Å². The maximum absolute atomic E-state index is 14.1. The lowest BCUT2D eigenvalue weighted by Crippen LogP contribution is -2.26. The first-order valence-electron chi connectivity index (χ1n) is 9.09. The predicted molar refractivity (Wildman–Crippen MR) is 111 cm³/mol. The molecule has 3 aromatic rings. The van der Waals surface area contributed by atoms with Crippen LogP contribution in [0.2, 0.25) is 0 Å². The molecule has 28 heavy (non-hydrogen) atoms. The zero-order chi connectivity index (χ0) is 19.7. The van der Waals surface area contributed by atoms with Gasteiger partial charge in [0.2, 0.25) is 0 Å². The highest BCUT2D eigenvalue weighted by molar-refractivity contribution is 6.17. The van der Waals surface area contributed by atoms with Crippen LogP contribution in [0, 0.1) is 11.2 Å². The Hall–Kier alpha value is -3.32. The average Bonchev–Trinajstić information content (AvgIpc) is 3.14. The van der Waals surface area contributed by atoms with E-state index in [1.165, 1.54) is 6.07 Å². The van der Waals surface area contributed by atoms with Crippen molar-refractivity contribution >= 4 is 34.2 Å². The Balaban J connectivity index is 1.78. The number of nitrogens with zero attached hydrogens (tertiary/aromatic N) is 3. The molecule has 1 saturated heterocycles. The number of allylic oxidation sites excluding steroid dienone is 1. The van der Waals surface area contributed by atoms with E-state index in [1.54, 1.807) is 24.3 Å². The number of pyridine rings is 2. The van der Waals surface area contributed by atoms with E-state index in [1.807, 2.05) is 18.3 Å². The second-order valence-corrected chi connectivity index (χ2v) is 6.87. The molecule has 0 radical (unpaired) electrons. The highest BCUT2D eigenvalue weighted by atomic mass is 19.1. The summed E-state index contributed by atoms with van der Waals surface area (Å²) < 4.78 is 14.1. The molecule has 1 aliphatic rings. The van der Waals surface area contributed by atoms with E-state index in [-0.39, 0.29) is 17.3 Å². The lowest BCUT2D eigenvalue weighted by molar-refractivity contribution is 0.624. The van der Waals surface area contributed by atoms with Gasteiger partial charge in [0, 0.05) is 36.5 Å². The summed E-state index contributed by atoms with van der Waals surface area (Å²) in [5.41, 5.74) is 15.9. The quantitative estimate of drug-likeness (QED) is 0.607. The summed E-state index contributed by atoms with van der Waals surface area (Å²) in [6, 6.07) is 11.9. The maximum Gasteiger partial charge on any atom is 0.132 e. The van der Waals surface area contributed by atoms with Gasteiger partial charge in [-0.1, -0.05) is 12.1 Å². The van der Waals surface area contributed by atoms with Gasteiger partial charge in [0.1, 0.15) is 5.82 Å². The molecule has 1 atom stereocenters. The Morgan fingerprint density at radius 3 is 2.75 bits per heavy atom. The molecule has 1 unspecified atom stereocenters. The van der Waals surface area contributed by atoms with Crippen molar-refractivity contribution in [1.29, 1.82) is 5.41 Å². The largest absolute Gasteiger partial charge is 0.398 e. The van der Waals surface area contributed by atoms with E-state index in [2.05, 4.69) is 14.9 Å². The molecule has 6 nitrogen and oxygen atoms in total. The van der Waals surface area contributed by atoms with Gasteiger partial charge in [-0.3, -0.25) is 4.98 Å². The highest BCUT2D eigenvalue weighted by Crippen LogP contribution is 2.26. The van der Waals surface area contributed by atoms with E-state index < -0.39 is 5.82 Å². The number of benzene rings is 1. The molecule has 0 saturated carbocycles. The van der Waals surface area contributed by atoms with Crippen molar-refractivity contribution in [2.24, 2.45) is 11.5 Å². The Morgan fingerprint density at radius 2 is 2.04 bits per heavy atom. The molecule has 4 rings (SSSR count). The number of aromatic nitrogens is 2. The monoisotopic (exact) mass is 376 g/mol. The number of halogens is 1. The van der Waals surface area contributed by atoms with E-state index >= 15 is 0 Å². The first-order valence-corrected chi connectivity index (χ1v) is 9.09. The molecule has 7 heteroatoms. The Morgan fingerprint density at radius 1 is 1.21 bits per heavy atom. The summed E-state index contributed by atoms with van der Waals surface area (Å²) in [5, 5.41) is 7.79. The standard InChI is InChI=1S/C21H21FN6/c22-17-4-2-1-3-15(17)21(25)16(10-23)18-5-6-19-20(27-18)9-14(11-26-19)28-8-7-13(24)12-28/h1-6,9-11,13,23H,7-8,12,24-25H2. The van der Waals surface area contributed by atoms with E-state index in [4.69, 9.17) is 16.9 Å². The van der Waals surface area contributed by atoms with Crippen LogP contribution in [-0.2, 0) is 0 Å². The molecule has 0 aliphatic carbocycles. The SMILES string of the molecule is N=CC(=C(N)c1ccccc1F)c1ccc2ncc(N3CCC(N)C3)cc2n1. The van der Waals surface area contributed by atoms with Gasteiger partial charge in [-0.05, 0) is 36.8 Å².